The van der Waals surface area contributed by atoms with Crippen molar-refractivity contribution in [2.75, 3.05) is 20.7 Å². The lowest BCUT2D eigenvalue weighted by Gasteiger charge is -2.36. The van der Waals surface area contributed by atoms with Crippen molar-refractivity contribution in [2.24, 2.45) is 0 Å². The Kier molecular flexibility index (Phi) is 5.28. The van der Waals surface area contributed by atoms with Gasteiger partial charge in [-0.2, -0.15) is 0 Å². The van der Waals surface area contributed by atoms with Gasteiger partial charge in [0, 0.05) is 18.5 Å². The molecule has 0 N–H and O–H groups in total. The molecule has 33 heavy (non-hydrogen) atoms. The molecule has 0 radical (unpaired) electrons. The molecule has 174 valence electrons. The summed E-state index contributed by atoms with van der Waals surface area (Å²) < 4.78 is 18.1. The van der Waals surface area contributed by atoms with Gasteiger partial charge in [-0.05, 0) is 60.8 Å². The van der Waals surface area contributed by atoms with Gasteiger partial charge in [0.15, 0.2) is 11.5 Å². The number of esters is 1. The van der Waals surface area contributed by atoms with Crippen LogP contribution in [0.5, 0.6) is 11.5 Å². The third kappa shape index (κ3) is 3.72. The Hall–Kier alpha value is -2.79. The molecule has 0 bridgehead atoms. The number of rotatable bonds is 3. The summed E-state index contributed by atoms with van der Waals surface area (Å²) in [5.74, 6) is 1.33. The summed E-state index contributed by atoms with van der Waals surface area (Å²) in [6.45, 7) is 8.35. The molecule has 0 saturated heterocycles. The monoisotopic (exact) mass is 447 g/mol. The molecule has 1 spiro atoms. The van der Waals surface area contributed by atoms with E-state index in [-0.39, 0.29) is 29.0 Å². The van der Waals surface area contributed by atoms with Crippen LogP contribution in [0.4, 0.5) is 0 Å². The quantitative estimate of drug-likeness (QED) is 0.489. The third-order valence-corrected chi connectivity index (χ3v) is 7.38. The van der Waals surface area contributed by atoms with Crippen molar-refractivity contribution in [3.8, 4) is 11.5 Å². The SMILES string of the molecule is COc1ccc2c3c1OC1C[C@@H](OC(=O)c4ccc(C(C)(C)C)cc4)C=C[C@@]31CCN(C)C2. The molecule has 2 aromatic carbocycles. The van der Waals surface area contributed by atoms with E-state index in [9.17, 15) is 4.79 Å². The number of nitrogens with zero attached hydrogens (tertiary/aromatic N) is 1. The van der Waals surface area contributed by atoms with E-state index in [1.165, 1.54) is 16.7 Å². The van der Waals surface area contributed by atoms with Crippen molar-refractivity contribution in [3.63, 3.8) is 0 Å². The van der Waals surface area contributed by atoms with Crippen molar-refractivity contribution >= 4 is 5.97 Å². The molecular weight excluding hydrogens is 414 g/mol. The van der Waals surface area contributed by atoms with Gasteiger partial charge < -0.3 is 19.1 Å². The second-order valence-electron chi connectivity index (χ2n) is 10.6. The summed E-state index contributed by atoms with van der Waals surface area (Å²) in [6, 6.07) is 11.9. The third-order valence-electron chi connectivity index (χ3n) is 7.38. The summed E-state index contributed by atoms with van der Waals surface area (Å²) in [6.07, 6.45) is 5.48. The van der Waals surface area contributed by atoms with Crippen LogP contribution in [0.1, 0.15) is 60.7 Å². The van der Waals surface area contributed by atoms with Gasteiger partial charge in [0.2, 0.25) is 0 Å². The van der Waals surface area contributed by atoms with Crippen molar-refractivity contribution in [1.82, 2.24) is 4.90 Å². The molecule has 0 saturated carbocycles. The van der Waals surface area contributed by atoms with Crippen LogP contribution in [-0.4, -0.2) is 43.8 Å². The van der Waals surface area contributed by atoms with Crippen molar-refractivity contribution < 1.29 is 19.0 Å². The maximum atomic E-state index is 12.9. The molecule has 5 nitrogen and oxygen atoms in total. The molecule has 0 fully saturated rings. The van der Waals surface area contributed by atoms with Gasteiger partial charge in [-0.3, -0.25) is 0 Å². The van der Waals surface area contributed by atoms with E-state index in [0.717, 1.165) is 31.0 Å². The van der Waals surface area contributed by atoms with Crippen LogP contribution in [0.2, 0.25) is 0 Å². The highest BCUT2D eigenvalue weighted by Crippen LogP contribution is 2.55. The maximum Gasteiger partial charge on any atom is 0.338 e. The Morgan fingerprint density at radius 3 is 2.61 bits per heavy atom. The highest BCUT2D eigenvalue weighted by molar-refractivity contribution is 5.89. The Balaban J connectivity index is 1.40. The zero-order chi connectivity index (χ0) is 23.4. The number of carbonyl (C=O) groups is 1. The van der Waals surface area contributed by atoms with E-state index >= 15 is 0 Å². The average molecular weight is 448 g/mol. The van der Waals surface area contributed by atoms with Gasteiger partial charge in [0.1, 0.15) is 12.2 Å². The molecule has 0 aromatic heterocycles. The summed E-state index contributed by atoms with van der Waals surface area (Å²) in [5, 5.41) is 0. The van der Waals surface area contributed by atoms with E-state index in [1.807, 2.05) is 30.3 Å². The molecule has 1 aliphatic carbocycles. The van der Waals surface area contributed by atoms with E-state index in [2.05, 4.69) is 50.9 Å². The van der Waals surface area contributed by atoms with Crippen LogP contribution < -0.4 is 9.47 Å². The van der Waals surface area contributed by atoms with Crippen LogP contribution in [0.15, 0.2) is 48.6 Å². The van der Waals surface area contributed by atoms with Crippen LogP contribution in [0, 0.1) is 0 Å². The second-order valence-corrected chi connectivity index (χ2v) is 10.6. The predicted molar refractivity (Wildman–Crippen MR) is 128 cm³/mol. The van der Waals surface area contributed by atoms with Gasteiger partial charge in [-0.25, -0.2) is 4.79 Å². The molecule has 3 aliphatic rings. The lowest BCUT2D eigenvalue weighted by atomic mass is 9.69. The van der Waals surface area contributed by atoms with Crippen LogP contribution in [0.3, 0.4) is 0 Å². The highest BCUT2D eigenvalue weighted by Gasteiger charge is 2.53. The number of benzene rings is 2. The standard InChI is InChI=1S/C28H33NO4/c1-27(2,3)20-9-6-18(7-10-20)26(30)32-21-12-13-28-14-15-29(4)17-19-8-11-22(31-5)25(24(19)28)33-23(28)16-21/h6-13,21,23H,14-17H2,1-5H3/t21-,23?,28-/m0/s1. The first kappa shape index (κ1) is 22.0. The highest BCUT2D eigenvalue weighted by atomic mass is 16.6. The zero-order valence-electron chi connectivity index (χ0n) is 20.2. The number of hydrogen-bond acceptors (Lipinski definition) is 5. The summed E-state index contributed by atoms with van der Waals surface area (Å²) in [7, 11) is 3.84. The van der Waals surface area contributed by atoms with E-state index in [1.54, 1.807) is 7.11 Å². The average Bonchev–Trinajstić information content (AvgIpc) is 3.04. The van der Waals surface area contributed by atoms with Gasteiger partial charge in [-0.15, -0.1) is 0 Å². The van der Waals surface area contributed by atoms with Crippen molar-refractivity contribution in [2.45, 2.75) is 63.2 Å². The van der Waals surface area contributed by atoms with Gasteiger partial charge in [0.25, 0.3) is 0 Å². The van der Waals surface area contributed by atoms with Crippen LogP contribution in [0.25, 0.3) is 0 Å². The normalized spacial score (nSPS) is 26.1. The minimum Gasteiger partial charge on any atom is -0.493 e. The fourth-order valence-corrected chi connectivity index (χ4v) is 5.46. The number of carbonyl (C=O) groups excluding carboxylic acids is 1. The van der Waals surface area contributed by atoms with Crippen LogP contribution >= 0.6 is 0 Å². The topological polar surface area (TPSA) is 48.0 Å². The Morgan fingerprint density at radius 1 is 1.15 bits per heavy atom. The van der Waals surface area contributed by atoms with Crippen molar-refractivity contribution in [1.29, 1.82) is 0 Å². The minimum atomic E-state index is -0.319. The van der Waals surface area contributed by atoms with E-state index in [4.69, 9.17) is 14.2 Å². The lowest BCUT2D eigenvalue weighted by Crippen LogP contribution is -2.43. The smallest absolute Gasteiger partial charge is 0.338 e. The van der Waals surface area contributed by atoms with Gasteiger partial charge in [0.05, 0.1) is 18.1 Å². The lowest BCUT2D eigenvalue weighted by molar-refractivity contribution is 0.0218. The molecule has 2 aliphatic heterocycles. The summed E-state index contributed by atoms with van der Waals surface area (Å²) >= 11 is 0. The summed E-state index contributed by atoms with van der Waals surface area (Å²) in [4.78, 5) is 15.2. The first-order chi connectivity index (χ1) is 15.7. The molecule has 5 heteroatoms. The zero-order valence-corrected chi connectivity index (χ0v) is 20.2. The Morgan fingerprint density at radius 2 is 1.91 bits per heavy atom. The Bertz CT molecular complexity index is 1100. The van der Waals surface area contributed by atoms with Crippen molar-refractivity contribution in [3.05, 3.63) is 70.8 Å². The number of hydrogen-bond donors (Lipinski definition) is 0. The summed E-state index contributed by atoms with van der Waals surface area (Å²) in [5.41, 5.74) is 4.14. The van der Waals surface area contributed by atoms with E-state index < -0.39 is 0 Å². The van der Waals surface area contributed by atoms with E-state index in [0.29, 0.717) is 12.0 Å². The minimum absolute atomic E-state index is 0.0460. The largest absolute Gasteiger partial charge is 0.493 e. The predicted octanol–water partition coefficient (Wildman–Crippen LogP) is 5.01. The number of methoxy groups -OCH3 is 1. The molecule has 3 atom stereocenters. The van der Waals surface area contributed by atoms with Gasteiger partial charge >= 0.3 is 5.97 Å². The molecule has 1 unspecified atom stereocenters. The molecule has 5 rings (SSSR count). The number of ether oxygens (including phenoxy) is 3. The molecule has 2 aromatic rings. The fraction of sp³-hybridized carbons (Fsp3) is 0.464. The first-order valence-electron chi connectivity index (χ1n) is 11.8. The molecular formula is C28H33NO4. The fourth-order valence-electron chi connectivity index (χ4n) is 5.46. The second kappa shape index (κ2) is 7.91. The van der Waals surface area contributed by atoms with Crippen LogP contribution in [-0.2, 0) is 22.1 Å². The van der Waals surface area contributed by atoms with Gasteiger partial charge in [-0.1, -0.05) is 45.0 Å². The maximum absolute atomic E-state index is 12.9. The molecule has 0 amide bonds. The first-order valence-corrected chi connectivity index (χ1v) is 11.8. The molecule has 2 heterocycles. The Labute approximate surface area is 196 Å².